The number of hydrogen-bond acceptors (Lipinski definition) is 2. The number of nitrogens with one attached hydrogen (secondary N) is 1. The molecule has 0 radical (unpaired) electrons. The van der Waals surface area contributed by atoms with Gasteiger partial charge in [-0.3, -0.25) is 0 Å². The van der Waals surface area contributed by atoms with Crippen LogP contribution in [-0.2, 0) is 4.74 Å². The molecule has 0 amide bonds. The minimum absolute atomic E-state index is 0.616. The lowest BCUT2D eigenvalue weighted by molar-refractivity contribution is 0.172. The predicted octanol–water partition coefficient (Wildman–Crippen LogP) is 0.631. The minimum atomic E-state index is 0.616. The van der Waals surface area contributed by atoms with E-state index in [1.807, 2.05) is 0 Å². The van der Waals surface area contributed by atoms with Gasteiger partial charge in [-0.1, -0.05) is 6.92 Å². The summed E-state index contributed by atoms with van der Waals surface area (Å²) in [7, 11) is 1.75. The van der Waals surface area contributed by atoms with Crippen molar-refractivity contribution in [2.24, 2.45) is 5.92 Å². The van der Waals surface area contributed by atoms with Crippen molar-refractivity contribution in [2.75, 3.05) is 20.3 Å². The van der Waals surface area contributed by atoms with E-state index in [0.717, 1.165) is 19.1 Å². The molecule has 1 saturated heterocycles. The second-order valence-electron chi connectivity index (χ2n) is 2.90. The highest BCUT2D eigenvalue weighted by molar-refractivity contribution is 4.78. The van der Waals surface area contributed by atoms with Crippen molar-refractivity contribution in [1.82, 2.24) is 5.32 Å². The van der Waals surface area contributed by atoms with Gasteiger partial charge in [-0.2, -0.15) is 0 Å². The maximum Gasteiger partial charge on any atom is 0.0615 e. The van der Waals surface area contributed by atoms with E-state index in [2.05, 4.69) is 12.2 Å². The Balaban J connectivity index is 2.14. The van der Waals surface area contributed by atoms with Crippen LogP contribution in [0.15, 0.2) is 0 Å². The van der Waals surface area contributed by atoms with Gasteiger partial charge in [-0.25, -0.2) is 0 Å². The van der Waals surface area contributed by atoms with E-state index < -0.39 is 0 Å². The molecule has 0 spiro atoms. The summed E-state index contributed by atoms with van der Waals surface area (Å²) < 4.78 is 5.01. The molecule has 2 heteroatoms. The van der Waals surface area contributed by atoms with Crippen molar-refractivity contribution >= 4 is 0 Å². The fraction of sp³-hybridized carbons (Fsp3) is 1.00. The fourth-order valence-electron chi connectivity index (χ4n) is 1.35. The Bertz CT molecular complexity index is 83.0. The van der Waals surface area contributed by atoms with Crippen molar-refractivity contribution in [3.8, 4) is 0 Å². The van der Waals surface area contributed by atoms with Crippen LogP contribution in [0.1, 0.15) is 13.3 Å². The predicted molar refractivity (Wildman–Crippen MR) is 37.4 cm³/mol. The third-order valence-electron chi connectivity index (χ3n) is 1.81. The second-order valence-corrected chi connectivity index (χ2v) is 2.90. The number of rotatable bonds is 2. The number of ether oxygens (including phenoxy) is 1. The van der Waals surface area contributed by atoms with Gasteiger partial charge in [0.25, 0.3) is 0 Å². The fourth-order valence-corrected chi connectivity index (χ4v) is 1.35. The van der Waals surface area contributed by atoms with E-state index in [-0.39, 0.29) is 0 Å². The highest BCUT2D eigenvalue weighted by Crippen LogP contribution is 2.11. The summed E-state index contributed by atoms with van der Waals surface area (Å²) in [6, 6.07) is 0.616. The lowest BCUT2D eigenvalue weighted by atomic mass is 10.1. The lowest BCUT2D eigenvalue weighted by Crippen LogP contribution is -2.25. The molecule has 1 aliphatic rings. The Morgan fingerprint density at radius 2 is 2.44 bits per heavy atom. The topological polar surface area (TPSA) is 21.3 Å². The van der Waals surface area contributed by atoms with Crippen molar-refractivity contribution < 1.29 is 4.74 Å². The first-order valence-electron chi connectivity index (χ1n) is 3.55. The zero-order valence-corrected chi connectivity index (χ0v) is 6.18. The molecule has 1 N–H and O–H groups in total. The first-order valence-corrected chi connectivity index (χ1v) is 3.55. The van der Waals surface area contributed by atoms with E-state index in [1.54, 1.807) is 7.11 Å². The van der Waals surface area contributed by atoms with E-state index >= 15 is 0 Å². The Kier molecular flexibility index (Phi) is 2.49. The lowest BCUT2D eigenvalue weighted by Gasteiger charge is -2.06. The molecule has 1 aliphatic heterocycles. The monoisotopic (exact) mass is 129 g/mol. The largest absolute Gasteiger partial charge is 0.383 e. The standard InChI is InChI=1S/C7H15NO/c1-6-3-7(5-9-2)8-4-6/h6-8H,3-5H2,1-2H3/t6-,7+/m1/s1. The Morgan fingerprint density at radius 3 is 2.89 bits per heavy atom. The van der Waals surface area contributed by atoms with Crippen LogP contribution in [0.2, 0.25) is 0 Å². The second kappa shape index (κ2) is 3.18. The van der Waals surface area contributed by atoms with Crippen LogP contribution in [0.25, 0.3) is 0 Å². The molecule has 0 aromatic carbocycles. The molecule has 9 heavy (non-hydrogen) atoms. The highest BCUT2D eigenvalue weighted by Gasteiger charge is 2.19. The SMILES string of the molecule is COC[C@@H]1C[C@@H](C)CN1. The molecule has 2 nitrogen and oxygen atoms in total. The van der Waals surface area contributed by atoms with Crippen molar-refractivity contribution in [3.63, 3.8) is 0 Å². The maximum absolute atomic E-state index is 5.01. The summed E-state index contributed by atoms with van der Waals surface area (Å²) in [5.41, 5.74) is 0. The normalized spacial score (nSPS) is 35.3. The first kappa shape index (κ1) is 7.03. The third-order valence-corrected chi connectivity index (χ3v) is 1.81. The molecule has 0 bridgehead atoms. The van der Waals surface area contributed by atoms with Crippen LogP contribution >= 0.6 is 0 Å². The van der Waals surface area contributed by atoms with Crippen LogP contribution < -0.4 is 5.32 Å². The molecule has 54 valence electrons. The highest BCUT2D eigenvalue weighted by atomic mass is 16.5. The quantitative estimate of drug-likeness (QED) is 0.590. The van der Waals surface area contributed by atoms with Gasteiger partial charge >= 0.3 is 0 Å². The summed E-state index contributed by atoms with van der Waals surface area (Å²) in [6.45, 7) is 4.29. The van der Waals surface area contributed by atoms with Gasteiger partial charge in [0.2, 0.25) is 0 Å². The summed E-state index contributed by atoms with van der Waals surface area (Å²) >= 11 is 0. The van der Waals surface area contributed by atoms with E-state index in [4.69, 9.17) is 4.74 Å². The molecular weight excluding hydrogens is 114 g/mol. The van der Waals surface area contributed by atoms with Crippen molar-refractivity contribution in [2.45, 2.75) is 19.4 Å². The molecule has 1 heterocycles. The molecule has 0 saturated carbocycles. The van der Waals surface area contributed by atoms with Gasteiger partial charge in [-0.15, -0.1) is 0 Å². The zero-order valence-electron chi connectivity index (χ0n) is 6.18. The van der Waals surface area contributed by atoms with E-state index in [1.165, 1.54) is 6.42 Å². The third kappa shape index (κ3) is 1.95. The van der Waals surface area contributed by atoms with Crippen molar-refractivity contribution in [3.05, 3.63) is 0 Å². The van der Waals surface area contributed by atoms with Gasteiger partial charge < -0.3 is 10.1 Å². The summed E-state index contributed by atoms with van der Waals surface area (Å²) in [5, 5.41) is 3.38. The Morgan fingerprint density at radius 1 is 1.67 bits per heavy atom. The number of hydrogen-bond donors (Lipinski definition) is 1. The molecular formula is C7H15NO. The molecule has 0 unspecified atom stereocenters. The average Bonchev–Trinajstić information content (AvgIpc) is 2.17. The van der Waals surface area contributed by atoms with Crippen LogP contribution in [0.3, 0.4) is 0 Å². The molecule has 1 fully saturated rings. The molecule has 0 aliphatic carbocycles. The molecule has 0 aromatic rings. The minimum Gasteiger partial charge on any atom is -0.383 e. The van der Waals surface area contributed by atoms with E-state index in [0.29, 0.717) is 6.04 Å². The molecule has 0 aromatic heterocycles. The van der Waals surface area contributed by atoms with Gasteiger partial charge in [0.1, 0.15) is 0 Å². The Labute approximate surface area is 56.6 Å². The van der Waals surface area contributed by atoms with E-state index in [9.17, 15) is 0 Å². The zero-order chi connectivity index (χ0) is 6.69. The molecule has 1 rings (SSSR count). The van der Waals surface area contributed by atoms with Crippen molar-refractivity contribution in [1.29, 1.82) is 0 Å². The maximum atomic E-state index is 5.01. The summed E-state index contributed by atoms with van der Waals surface area (Å²) in [5.74, 6) is 0.838. The number of methoxy groups -OCH3 is 1. The smallest absolute Gasteiger partial charge is 0.0615 e. The average molecular weight is 129 g/mol. The van der Waals surface area contributed by atoms with Gasteiger partial charge in [-0.05, 0) is 18.9 Å². The van der Waals surface area contributed by atoms with Crippen LogP contribution in [0.4, 0.5) is 0 Å². The summed E-state index contributed by atoms with van der Waals surface area (Å²) in [4.78, 5) is 0. The van der Waals surface area contributed by atoms with Gasteiger partial charge in [0.15, 0.2) is 0 Å². The van der Waals surface area contributed by atoms with Crippen LogP contribution in [0.5, 0.6) is 0 Å². The van der Waals surface area contributed by atoms with Crippen LogP contribution in [0, 0.1) is 5.92 Å². The summed E-state index contributed by atoms with van der Waals surface area (Å²) in [6.07, 6.45) is 1.27. The van der Waals surface area contributed by atoms with Gasteiger partial charge in [0.05, 0.1) is 6.61 Å². The molecule has 2 atom stereocenters. The Hall–Kier alpha value is -0.0800. The van der Waals surface area contributed by atoms with Crippen LogP contribution in [-0.4, -0.2) is 26.3 Å². The van der Waals surface area contributed by atoms with Gasteiger partial charge in [0, 0.05) is 13.2 Å². The first-order chi connectivity index (χ1) is 4.33.